The Hall–Kier alpha value is -1.97. The van der Waals surface area contributed by atoms with Crippen LogP contribution < -0.4 is 5.73 Å². The number of carbonyl (C=O) groups excluding carboxylic acids is 1. The van der Waals surface area contributed by atoms with Gasteiger partial charge in [-0.25, -0.2) is 9.18 Å². The number of primary amides is 1. The van der Waals surface area contributed by atoms with Gasteiger partial charge in [0.15, 0.2) is 0 Å². The summed E-state index contributed by atoms with van der Waals surface area (Å²) in [7, 11) is 0. The third-order valence-corrected chi connectivity index (χ3v) is 4.86. The number of rotatable bonds is 3. The van der Waals surface area contributed by atoms with Crippen molar-refractivity contribution in [1.82, 2.24) is 5.06 Å². The van der Waals surface area contributed by atoms with Gasteiger partial charge in [0, 0.05) is 4.75 Å². The van der Waals surface area contributed by atoms with Gasteiger partial charge in [-0.2, -0.15) is 5.06 Å². The fourth-order valence-electron chi connectivity index (χ4n) is 2.30. The Morgan fingerprint density at radius 2 is 2.17 bits per heavy atom. The molecule has 0 saturated carbocycles. The Balaban J connectivity index is 1.97. The predicted octanol–water partition coefficient (Wildman–Crippen LogP) is 2.96. The van der Waals surface area contributed by atoms with E-state index in [1.165, 1.54) is 12.1 Å². The number of carbonyl (C=O) groups is 1. The molecule has 0 bridgehead atoms. The van der Waals surface area contributed by atoms with Gasteiger partial charge in [-0.3, -0.25) is 5.21 Å². The highest BCUT2D eigenvalue weighted by molar-refractivity contribution is 8.02. The molecular weight excluding hydrogens is 315 g/mol. The van der Waals surface area contributed by atoms with Crippen LogP contribution >= 0.6 is 11.8 Å². The van der Waals surface area contributed by atoms with Crippen molar-refractivity contribution in [3.05, 3.63) is 47.8 Å². The summed E-state index contributed by atoms with van der Waals surface area (Å²) in [5.74, 6) is 5.60. The normalized spacial score (nSPS) is 23.9. The molecule has 6 heteroatoms. The van der Waals surface area contributed by atoms with Gasteiger partial charge in [0.05, 0.1) is 5.25 Å². The molecule has 0 aromatic heterocycles. The molecule has 23 heavy (non-hydrogen) atoms. The average molecular weight is 334 g/mol. The van der Waals surface area contributed by atoms with Gasteiger partial charge in [0.25, 0.3) is 0 Å². The van der Waals surface area contributed by atoms with E-state index in [0.29, 0.717) is 5.06 Å². The van der Waals surface area contributed by atoms with E-state index in [0.717, 1.165) is 12.0 Å². The zero-order valence-corrected chi connectivity index (χ0v) is 13.8. The second-order valence-corrected chi connectivity index (χ2v) is 7.34. The van der Waals surface area contributed by atoms with Crippen LogP contribution in [0, 0.1) is 17.7 Å². The van der Waals surface area contributed by atoms with Gasteiger partial charge in [-0.05, 0) is 38.0 Å². The zero-order chi connectivity index (χ0) is 17.0. The highest BCUT2D eigenvalue weighted by atomic mass is 32.2. The van der Waals surface area contributed by atoms with Crippen LogP contribution in [-0.4, -0.2) is 32.3 Å². The summed E-state index contributed by atoms with van der Waals surface area (Å²) in [4.78, 5) is 10.9. The summed E-state index contributed by atoms with van der Waals surface area (Å²) in [5, 5.41) is 9.78. The molecule has 122 valence electrons. The van der Waals surface area contributed by atoms with Crippen molar-refractivity contribution >= 4 is 17.8 Å². The second kappa shape index (κ2) is 7.07. The molecule has 2 amide bonds. The van der Waals surface area contributed by atoms with Crippen LogP contribution in [0.4, 0.5) is 9.18 Å². The number of thioether (sulfide) groups is 1. The lowest BCUT2D eigenvalue weighted by atomic mass is 10.00. The molecule has 2 unspecified atom stereocenters. The Morgan fingerprint density at radius 3 is 2.78 bits per heavy atom. The fraction of sp³-hybridized carbons (Fsp3) is 0.353. The Labute approximate surface area is 139 Å². The molecule has 1 aliphatic rings. The van der Waals surface area contributed by atoms with Crippen LogP contribution in [0.3, 0.4) is 0 Å². The Bertz CT molecular complexity index is 665. The fourth-order valence-corrected chi connectivity index (χ4v) is 3.57. The lowest BCUT2D eigenvalue weighted by Crippen LogP contribution is -2.38. The SMILES string of the molecule is C[C@H](C#CC1C=CC(C)(Cc2ccc(F)cc2)S1)N(O)C(N)=O. The molecule has 2 rings (SSSR count). The molecule has 0 aliphatic carbocycles. The number of hydroxylamine groups is 2. The topological polar surface area (TPSA) is 66.6 Å². The zero-order valence-electron chi connectivity index (χ0n) is 13.0. The highest BCUT2D eigenvalue weighted by Gasteiger charge is 2.30. The summed E-state index contributed by atoms with van der Waals surface area (Å²) >= 11 is 1.68. The lowest BCUT2D eigenvalue weighted by Gasteiger charge is -2.22. The van der Waals surface area contributed by atoms with Gasteiger partial charge >= 0.3 is 6.03 Å². The van der Waals surface area contributed by atoms with E-state index < -0.39 is 12.1 Å². The van der Waals surface area contributed by atoms with Crippen LogP contribution in [-0.2, 0) is 6.42 Å². The number of nitrogens with two attached hydrogens (primary N) is 1. The van der Waals surface area contributed by atoms with Crippen LogP contribution in [0.25, 0.3) is 0 Å². The number of urea groups is 1. The standard InChI is InChI=1S/C17H19FN2O2S/c1-12(20(22)16(19)21)3-8-15-9-10-17(2,23-15)11-13-4-6-14(18)7-5-13/h4-7,9-10,12,15,22H,11H2,1-2H3,(H2,19,21)/t12-,15?,17?/m1/s1. The molecule has 1 aromatic rings. The van der Waals surface area contributed by atoms with E-state index in [1.54, 1.807) is 30.8 Å². The summed E-state index contributed by atoms with van der Waals surface area (Å²) in [6.45, 7) is 3.70. The van der Waals surface area contributed by atoms with Crippen LogP contribution in [0.1, 0.15) is 19.4 Å². The van der Waals surface area contributed by atoms with Crippen LogP contribution in [0.2, 0.25) is 0 Å². The van der Waals surface area contributed by atoms with Crippen molar-refractivity contribution < 1.29 is 14.4 Å². The maximum absolute atomic E-state index is 13.0. The number of benzene rings is 1. The summed E-state index contributed by atoms with van der Waals surface area (Å²) in [6, 6.07) is 4.90. The van der Waals surface area contributed by atoms with Gasteiger partial charge in [0.1, 0.15) is 11.9 Å². The monoisotopic (exact) mass is 334 g/mol. The minimum absolute atomic E-state index is 0.0239. The van der Waals surface area contributed by atoms with Gasteiger partial charge in [-0.15, -0.1) is 11.8 Å². The maximum Gasteiger partial charge on any atom is 0.339 e. The van der Waals surface area contributed by atoms with Crippen LogP contribution in [0.15, 0.2) is 36.4 Å². The first kappa shape index (κ1) is 17.4. The van der Waals surface area contributed by atoms with E-state index in [1.807, 2.05) is 6.08 Å². The number of amides is 2. The minimum Gasteiger partial charge on any atom is -0.350 e. The van der Waals surface area contributed by atoms with E-state index in [-0.39, 0.29) is 15.8 Å². The van der Waals surface area contributed by atoms with Crippen molar-refractivity contribution in [3.8, 4) is 11.8 Å². The van der Waals surface area contributed by atoms with Gasteiger partial charge in [0.2, 0.25) is 0 Å². The number of halogens is 1. The molecule has 3 N–H and O–H groups in total. The summed E-state index contributed by atoms with van der Waals surface area (Å²) in [5.41, 5.74) is 6.04. The summed E-state index contributed by atoms with van der Waals surface area (Å²) < 4.78 is 12.8. The Kier molecular flexibility index (Phi) is 5.34. The first-order valence-electron chi connectivity index (χ1n) is 7.19. The lowest BCUT2D eigenvalue weighted by molar-refractivity contribution is -0.0536. The molecule has 1 aliphatic heterocycles. The number of hydrogen-bond donors (Lipinski definition) is 2. The third-order valence-electron chi connectivity index (χ3n) is 3.52. The minimum atomic E-state index is -0.928. The molecule has 0 saturated heterocycles. The van der Waals surface area contributed by atoms with E-state index in [4.69, 9.17) is 5.73 Å². The van der Waals surface area contributed by atoms with Crippen molar-refractivity contribution in [2.24, 2.45) is 5.73 Å². The third kappa shape index (κ3) is 4.75. The van der Waals surface area contributed by atoms with Crippen molar-refractivity contribution in [1.29, 1.82) is 0 Å². The molecule has 4 nitrogen and oxygen atoms in total. The maximum atomic E-state index is 13.0. The first-order chi connectivity index (χ1) is 10.8. The Morgan fingerprint density at radius 1 is 1.52 bits per heavy atom. The number of nitrogens with zero attached hydrogens (tertiary/aromatic N) is 1. The predicted molar refractivity (Wildman–Crippen MR) is 89.5 cm³/mol. The molecule has 3 atom stereocenters. The molecular formula is C17H19FN2O2S. The molecule has 0 fully saturated rings. The van der Waals surface area contributed by atoms with E-state index in [2.05, 4.69) is 24.8 Å². The smallest absolute Gasteiger partial charge is 0.339 e. The first-order valence-corrected chi connectivity index (χ1v) is 8.07. The van der Waals surface area contributed by atoms with Gasteiger partial charge in [-0.1, -0.05) is 36.1 Å². The molecule has 0 spiro atoms. The quantitative estimate of drug-likeness (QED) is 0.386. The van der Waals surface area contributed by atoms with Crippen molar-refractivity contribution in [3.63, 3.8) is 0 Å². The molecule has 0 radical (unpaired) electrons. The van der Waals surface area contributed by atoms with E-state index >= 15 is 0 Å². The average Bonchev–Trinajstić information content (AvgIpc) is 2.87. The largest absolute Gasteiger partial charge is 0.350 e. The second-order valence-electron chi connectivity index (χ2n) is 5.66. The van der Waals surface area contributed by atoms with E-state index in [9.17, 15) is 14.4 Å². The van der Waals surface area contributed by atoms with Crippen molar-refractivity contribution in [2.45, 2.75) is 36.3 Å². The van der Waals surface area contributed by atoms with Crippen LogP contribution in [0.5, 0.6) is 0 Å². The number of hydrogen-bond acceptors (Lipinski definition) is 3. The van der Waals surface area contributed by atoms with Gasteiger partial charge < -0.3 is 5.73 Å². The summed E-state index contributed by atoms with van der Waals surface area (Å²) in [6.07, 6.45) is 4.87. The molecule has 1 aromatic carbocycles. The molecule has 1 heterocycles. The van der Waals surface area contributed by atoms with Crippen molar-refractivity contribution in [2.75, 3.05) is 0 Å². The highest BCUT2D eigenvalue weighted by Crippen LogP contribution is 2.39.